The maximum absolute atomic E-state index is 5.31. The zero-order valence-corrected chi connectivity index (χ0v) is 37.2. The van der Waals surface area contributed by atoms with Crippen LogP contribution in [0.4, 0.5) is 5.69 Å². The molecule has 316 valence electrons. The molecule has 3 heteroatoms. The molecule has 7 aromatic rings. The molecule has 6 aromatic carbocycles. The number of nitrogens with zero attached hydrogens (tertiary/aromatic N) is 3. The standard InChI is InChI=1S/C62H53N3/c1-62(2)54-36-44(45-37-56(40-16-6-3-7-17-40)63-57(38-45)41-18-8-4-9-19-41)26-30-48(54)49-31-29-47(39-55(49)62)65-59-25-15-13-23-51(59)53-35-43(28-33-61(53)65)42-27-32-60-52(34-42)50-22-12-14-24-58(50)64(60)46-20-10-5-11-21-46/h3-20,22-26,28-31,33-37,39,42,46,49,55,57,60H,21,27,32,38H2,1-2H3. The number of para-hydroxylation sites is 2. The topological polar surface area (TPSA) is 20.5 Å². The molecule has 3 heterocycles. The lowest BCUT2D eigenvalue weighted by Crippen LogP contribution is -2.41. The van der Waals surface area contributed by atoms with Crippen molar-refractivity contribution in [1.29, 1.82) is 0 Å². The number of hydrogen-bond donors (Lipinski definition) is 0. The highest BCUT2D eigenvalue weighted by atomic mass is 15.2. The fourth-order valence-electron chi connectivity index (χ4n) is 12.6. The molecule has 0 amide bonds. The van der Waals surface area contributed by atoms with Crippen molar-refractivity contribution in [1.82, 2.24) is 4.57 Å². The Kier molecular flexibility index (Phi) is 8.92. The van der Waals surface area contributed by atoms with Gasteiger partial charge < -0.3 is 9.47 Å². The third kappa shape index (κ3) is 6.19. The van der Waals surface area contributed by atoms with Crippen LogP contribution in [0.1, 0.15) is 96.4 Å². The number of allylic oxidation sites excluding steroid dienone is 8. The van der Waals surface area contributed by atoms with E-state index in [1.807, 2.05) is 0 Å². The van der Waals surface area contributed by atoms with E-state index in [2.05, 4.69) is 224 Å². The maximum atomic E-state index is 5.31. The van der Waals surface area contributed by atoms with Crippen molar-refractivity contribution in [2.75, 3.05) is 4.90 Å². The fraction of sp³-hybridized carbons (Fsp3) is 0.210. The number of rotatable bonds is 6. The number of aromatic nitrogens is 1. The van der Waals surface area contributed by atoms with Gasteiger partial charge in [-0.1, -0.05) is 178 Å². The van der Waals surface area contributed by atoms with Crippen LogP contribution in [0.3, 0.4) is 0 Å². The molecular formula is C62H53N3. The first-order chi connectivity index (χ1) is 32.0. The second-order valence-electron chi connectivity index (χ2n) is 19.7. The Balaban J connectivity index is 0.838. The van der Waals surface area contributed by atoms with Crippen LogP contribution in [-0.4, -0.2) is 22.4 Å². The van der Waals surface area contributed by atoms with E-state index in [1.54, 1.807) is 0 Å². The largest absolute Gasteiger partial charge is 0.357 e. The van der Waals surface area contributed by atoms with Gasteiger partial charge in [0.25, 0.3) is 0 Å². The lowest BCUT2D eigenvalue weighted by Gasteiger charge is -2.37. The van der Waals surface area contributed by atoms with Crippen molar-refractivity contribution < 1.29 is 0 Å². The zero-order valence-electron chi connectivity index (χ0n) is 37.2. The van der Waals surface area contributed by atoms with Crippen molar-refractivity contribution in [3.63, 3.8) is 0 Å². The van der Waals surface area contributed by atoms with Gasteiger partial charge in [-0.2, -0.15) is 0 Å². The van der Waals surface area contributed by atoms with Gasteiger partial charge in [0.2, 0.25) is 0 Å². The smallest absolute Gasteiger partial charge is 0.0796 e. The molecule has 0 saturated carbocycles. The highest BCUT2D eigenvalue weighted by Crippen LogP contribution is 2.55. The molecule has 1 aromatic heterocycles. The monoisotopic (exact) mass is 839 g/mol. The van der Waals surface area contributed by atoms with Crippen LogP contribution < -0.4 is 4.90 Å². The van der Waals surface area contributed by atoms with E-state index in [0.717, 1.165) is 31.4 Å². The highest BCUT2D eigenvalue weighted by Gasteiger charge is 2.46. The van der Waals surface area contributed by atoms with E-state index in [4.69, 9.17) is 4.99 Å². The van der Waals surface area contributed by atoms with Crippen molar-refractivity contribution in [3.8, 4) is 0 Å². The minimum atomic E-state index is -0.0624. The molecule has 65 heavy (non-hydrogen) atoms. The predicted octanol–water partition coefficient (Wildman–Crippen LogP) is 14.9. The molecule has 6 atom stereocenters. The summed E-state index contributed by atoms with van der Waals surface area (Å²) in [6.45, 7) is 4.94. The second-order valence-corrected chi connectivity index (χ2v) is 19.7. The Labute approximate surface area is 382 Å². The summed E-state index contributed by atoms with van der Waals surface area (Å²) in [5.74, 6) is 1.05. The van der Waals surface area contributed by atoms with Gasteiger partial charge in [0.1, 0.15) is 0 Å². The molecule has 0 fully saturated rings. The first-order valence-corrected chi connectivity index (χ1v) is 23.9. The molecular weight excluding hydrogens is 787 g/mol. The summed E-state index contributed by atoms with van der Waals surface area (Å²) in [4.78, 5) is 8.02. The molecule has 0 saturated heterocycles. The third-order valence-corrected chi connectivity index (χ3v) is 15.8. The maximum Gasteiger partial charge on any atom is 0.0796 e. The van der Waals surface area contributed by atoms with Crippen molar-refractivity contribution in [2.24, 2.45) is 10.9 Å². The minimum absolute atomic E-state index is 0.0624. The van der Waals surface area contributed by atoms with Crippen LogP contribution in [0.15, 0.2) is 205 Å². The van der Waals surface area contributed by atoms with Gasteiger partial charge in [0.05, 0.1) is 34.9 Å². The van der Waals surface area contributed by atoms with Crippen molar-refractivity contribution in [2.45, 2.75) is 74.9 Å². The number of hydrogen-bond acceptors (Lipinski definition) is 2. The fourth-order valence-corrected chi connectivity index (χ4v) is 12.6. The summed E-state index contributed by atoms with van der Waals surface area (Å²) in [6, 6.07) is 55.3. The van der Waals surface area contributed by atoms with Gasteiger partial charge in [-0.05, 0) is 118 Å². The van der Waals surface area contributed by atoms with Crippen molar-refractivity contribution in [3.05, 3.63) is 239 Å². The normalized spacial score (nSPS) is 24.8. The van der Waals surface area contributed by atoms with Crippen molar-refractivity contribution >= 4 is 50.0 Å². The number of dihydropyridines is 1. The number of anilines is 1. The molecule has 0 spiro atoms. The summed E-state index contributed by atoms with van der Waals surface area (Å²) in [5.41, 5.74) is 18.6. The van der Waals surface area contributed by atoms with Crippen LogP contribution in [-0.2, 0) is 5.41 Å². The molecule has 2 aliphatic heterocycles. The Morgan fingerprint density at radius 1 is 0.662 bits per heavy atom. The first kappa shape index (κ1) is 38.5. The lowest BCUT2D eigenvalue weighted by atomic mass is 9.74. The molecule has 6 aliphatic rings. The van der Waals surface area contributed by atoms with E-state index in [-0.39, 0.29) is 11.5 Å². The summed E-state index contributed by atoms with van der Waals surface area (Å²) < 4.78 is 2.54. The third-order valence-electron chi connectivity index (χ3n) is 15.8. The van der Waals surface area contributed by atoms with E-state index >= 15 is 0 Å². The molecule has 13 rings (SSSR count). The molecule has 4 aliphatic carbocycles. The first-order valence-electron chi connectivity index (χ1n) is 23.9. The van der Waals surface area contributed by atoms with Gasteiger partial charge in [0.15, 0.2) is 0 Å². The van der Waals surface area contributed by atoms with Crippen LogP contribution >= 0.6 is 0 Å². The molecule has 0 radical (unpaired) electrons. The summed E-state index contributed by atoms with van der Waals surface area (Å²) in [7, 11) is 0. The van der Waals surface area contributed by atoms with Gasteiger partial charge in [-0.25, -0.2) is 0 Å². The van der Waals surface area contributed by atoms with Crippen LogP contribution in [0.25, 0.3) is 38.6 Å². The number of fused-ring (bicyclic) bond motifs is 9. The van der Waals surface area contributed by atoms with Gasteiger partial charge in [-0.3, -0.25) is 4.99 Å². The Hall–Kier alpha value is -6.97. The van der Waals surface area contributed by atoms with Crippen LogP contribution in [0.2, 0.25) is 0 Å². The average molecular weight is 840 g/mol. The van der Waals surface area contributed by atoms with E-state index in [1.165, 1.54) is 83.3 Å². The van der Waals surface area contributed by atoms with Crippen LogP contribution in [0, 0.1) is 5.92 Å². The van der Waals surface area contributed by atoms with Crippen LogP contribution in [0.5, 0.6) is 0 Å². The van der Waals surface area contributed by atoms with Gasteiger partial charge in [-0.15, -0.1) is 0 Å². The van der Waals surface area contributed by atoms with Gasteiger partial charge in [0, 0.05) is 39.6 Å². The molecule has 3 nitrogen and oxygen atoms in total. The number of aliphatic imine (C=N–C) groups is 1. The quantitative estimate of drug-likeness (QED) is 0.163. The predicted molar refractivity (Wildman–Crippen MR) is 273 cm³/mol. The number of benzene rings is 6. The van der Waals surface area contributed by atoms with E-state index < -0.39 is 0 Å². The van der Waals surface area contributed by atoms with E-state index in [0.29, 0.717) is 29.8 Å². The Morgan fingerprint density at radius 2 is 1.46 bits per heavy atom. The van der Waals surface area contributed by atoms with E-state index in [9.17, 15) is 0 Å². The summed E-state index contributed by atoms with van der Waals surface area (Å²) in [5, 5.41) is 2.66. The summed E-state index contributed by atoms with van der Waals surface area (Å²) >= 11 is 0. The highest BCUT2D eigenvalue weighted by molar-refractivity contribution is 6.13. The molecule has 0 bridgehead atoms. The summed E-state index contributed by atoms with van der Waals surface area (Å²) in [6.07, 6.45) is 25.9. The molecule has 0 N–H and O–H groups in total. The minimum Gasteiger partial charge on any atom is -0.357 e. The van der Waals surface area contributed by atoms with Gasteiger partial charge >= 0.3 is 0 Å². The average Bonchev–Trinajstić information content (AvgIpc) is 3.96. The molecule has 6 unspecified atom stereocenters. The Bertz CT molecular complexity index is 3280. The zero-order chi connectivity index (χ0) is 43.2. The SMILES string of the molecule is CC1(C)c2cc(C3=CC(c4ccccc4)=NC(c4ccccc4)C3)ccc2C2C=CC(n3c4ccccc4c4cc(C5C=C6c7ccccc7N(C7C=CC=CC7)C6CC5)ccc43)=CC21. The second kappa shape index (κ2) is 15.1. The lowest BCUT2D eigenvalue weighted by molar-refractivity contribution is 0.394. The Morgan fingerprint density at radius 3 is 2.32 bits per heavy atom.